The van der Waals surface area contributed by atoms with Gasteiger partial charge in [0.2, 0.25) is 0 Å². The van der Waals surface area contributed by atoms with Crippen LogP contribution in [0.5, 0.6) is 0 Å². The maximum Gasteiger partial charge on any atom is 0.333 e. The normalized spacial score (nSPS) is 13.2. The fraction of sp³-hybridized carbons (Fsp3) is 0.500. The average Bonchev–Trinajstić information content (AvgIpc) is 2.39. The molecule has 112 valence electrons. The summed E-state index contributed by atoms with van der Waals surface area (Å²) in [6.45, 7) is 3.73. The van der Waals surface area contributed by atoms with Crippen LogP contribution in [0, 0.1) is 10.1 Å². The summed E-state index contributed by atoms with van der Waals surface area (Å²) in [4.78, 5) is 10.1. The van der Waals surface area contributed by atoms with Crippen molar-refractivity contribution in [1.82, 2.24) is 0 Å². The monoisotopic (exact) mass is 303 g/mol. The molecule has 1 unspecified atom stereocenters. The summed E-state index contributed by atoms with van der Waals surface area (Å²) in [5, 5.41) is 20.7. The Kier molecular flexibility index (Phi) is 6.29. The number of nitrogens with zero attached hydrogens (tertiary/aromatic N) is 1. The number of nitro benzene ring substituents is 1. The second-order valence-corrected chi connectivity index (χ2v) is 6.10. The molecule has 0 aliphatic heterocycles. The van der Waals surface area contributed by atoms with Crippen molar-refractivity contribution in [3.63, 3.8) is 0 Å². The van der Waals surface area contributed by atoms with E-state index in [0.717, 1.165) is 0 Å². The zero-order valence-corrected chi connectivity index (χ0v) is 12.3. The molecule has 1 aromatic rings. The van der Waals surface area contributed by atoms with Crippen LogP contribution in [0.4, 0.5) is 5.69 Å². The van der Waals surface area contributed by atoms with Crippen LogP contribution in [0.1, 0.15) is 25.5 Å². The molecular formula is C12H18NO6P. The van der Waals surface area contributed by atoms with E-state index in [1.165, 1.54) is 24.3 Å². The summed E-state index contributed by atoms with van der Waals surface area (Å²) >= 11 is 0. The van der Waals surface area contributed by atoms with Crippen molar-refractivity contribution >= 4 is 13.3 Å². The molecule has 0 saturated heterocycles. The second-order valence-electron chi connectivity index (χ2n) is 4.00. The maximum atomic E-state index is 12.3. The third-order valence-electron chi connectivity index (χ3n) is 2.51. The van der Waals surface area contributed by atoms with Gasteiger partial charge in [0.25, 0.3) is 5.69 Å². The van der Waals surface area contributed by atoms with Crippen LogP contribution in [0.3, 0.4) is 0 Å². The number of non-ortho nitro benzene ring substituents is 1. The van der Waals surface area contributed by atoms with Crippen molar-refractivity contribution in [2.45, 2.75) is 20.0 Å². The molecule has 20 heavy (non-hydrogen) atoms. The van der Waals surface area contributed by atoms with E-state index in [0.29, 0.717) is 5.56 Å². The van der Waals surface area contributed by atoms with Crippen molar-refractivity contribution in [3.8, 4) is 0 Å². The van der Waals surface area contributed by atoms with Crippen molar-refractivity contribution in [2.75, 3.05) is 19.4 Å². The minimum atomic E-state index is -3.40. The van der Waals surface area contributed by atoms with Crippen LogP contribution in [0.2, 0.25) is 0 Å². The molecule has 1 N–H and O–H groups in total. The lowest BCUT2D eigenvalue weighted by molar-refractivity contribution is -0.385. The van der Waals surface area contributed by atoms with Gasteiger partial charge in [-0.2, -0.15) is 0 Å². The highest BCUT2D eigenvalue weighted by atomic mass is 31.2. The predicted molar refractivity (Wildman–Crippen MR) is 73.8 cm³/mol. The van der Waals surface area contributed by atoms with Gasteiger partial charge in [0.1, 0.15) is 0 Å². The summed E-state index contributed by atoms with van der Waals surface area (Å²) < 4.78 is 22.4. The molecule has 0 spiro atoms. The summed E-state index contributed by atoms with van der Waals surface area (Å²) in [5.74, 6) is 0. The Hall–Kier alpha value is -1.27. The first-order valence-corrected chi connectivity index (χ1v) is 7.95. The molecule has 1 aromatic carbocycles. The number of aliphatic hydroxyl groups is 1. The lowest BCUT2D eigenvalue weighted by Crippen LogP contribution is -2.09. The largest absolute Gasteiger partial charge is 0.388 e. The Balaban J connectivity index is 2.88. The van der Waals surface area contributed by atoms with E-state index in [9.17, 15) is 19.8 Å². The molecule has 0 aromatic heterocycles. The Morgan fingerprint density at radius 2 is 1.95 bits per heavy atom. The van der Waals surface area contributed by atoms with Crippen molar-refractivity contribution in [1.29, 1.82) is 0 Å². The van der Waals surface area contributed by atoms with Gasteiger partial charge in [0.05, 0.1) is 30.4 Å². The highest BCUT2D eigenvalue weighted by Gasteiger charge is 2.28. The molecule has 0 amide bonds. The lowest BCUT2D eigenvalue weighted by Gasteiger charge is -2.20. The van der Waals surface area contributed by atoms with E-state index >= 15 is 0 Å². The average molecular weight is 303 g/mol. The highest BCUT2D eigenvalue weighted by Crippen LogP contribution is 2.50. The van der Waals surface area contributed by atoms with Crippen LogP contribution >= 0.6 is 7.60 Å². The van der Waals surface area contributed by atoms with Gasteiger partial charge < -0.3 is 14.2 Å². The number of aliphatic hydroxyl groups excluding tert-OH is 1. The summed E-state index contributed by atoms with van der Waals surface area (Å²) in [5.41, 5.74) is 0.169. The van der Waals surface area contributed by atoms with Crippen LogP contribution in [0.25, 0.3) is 0 Å². The van der Waals surface area contributed by atoms with Crippen LogP contribution in [-0.2, 0) is 13.6 Å². The molecule has 0 saturated carbocycles. The minimum absolute atomic E-state index is 0.135. The standard InChI is InChI=1S/C12H18NO6P/c1-3-18-20(17,19-4-2)9-12(14)10-6-5-7-11(8-10)13(15)16/h5-8,12,14H,3-4,9H2,1-2H3. The van der Waals surface area contributed by atoms with Crippen molar-refractivity contribution < 1.29 is 23.6 Å². The molecule has 0 aliphatic carbocycles. The first kappa shape index (κ1) is 16.8. The molecule has 0 heterocycles. The summed E-state index contributed by atoms with van der Waals surface area (Å²) in [7, 11) is -3.40. The summed E-state index contributed by atoms with van der Waals surface area (Å²) in [6.07, 6.45) is -1.39. The van der Waals surface area contributed by atoms with Crippen LogP contribution in [0.15, 0.2) is 24.3 Å². The molecule has 0 radical (unpaired) electrons. The van der Waals surface area contributed by atoms with E-state index in [4.69, 9.17) is 9.05 Å². The molecule has 1 atom stereocenters. The lowest BCUT2D eigenvalue weighted by atomic mass is 10.1. The molecular weight excluding hydrogens is 285 g/mol. The highest BCUT2D eigenvalue weighted by molar-refractivity contribution is 7.53. The molecule has 0 fully saturated rings. The number of benzene rings is 1. The maximum absolute atomic E-state index is 12.3. The third kappa shape index (κ3) is 4.68. The molecule has 0 bridgehead atoms. The number of nitro groups is 1. The Labute approximate surface area is 117 Å². The Morgan fingerprint density at radius 3 is 2.45 bits per heavy atom. The first-order valence-electron chi connectivity index (χ1n) is 6.22. The van der Waals surface area contributed by atoms with Gasteiger partial charge in [-0.15, -0.1) is 0 Å². The quantitative estimate of drug-likeness (QED) is 0.450. The van der Waals surface area contributed by atoms with Gasteiger partial charge in [-0.1, -0.05) is 12.1 Å². The van der Waals surface area contributed by atoms with E-state index in [2.05, 4.69) is 0 Å². The number of hydrogen-bond donors (Lipinski definition) is 1. The van der Waals surface area contributed by atoms with Gasteiger partial charge in [0, 0.05) is 12.1 Å². The summed E-state index contributed by atoms with van der Waals surface area (Å²) in [6, 6.07) is 5.55. The van der Waals surface area contributed by atoms with Gasteiger partial charge >= 0.3 is 7.60 Å². The molecule has 7 nitrogen and oxygen atoms in total. The van der Waals surface area contributed by atoms with Crippen LogP contribution in [-0.4, -0.2) is 29.4 Å². The topological polar surface area (TPSA) is 98.9 Å². The second kappa shape index (κ2) is 7.50. The van der Waals surface area contributed by atoms with Crippen molar-refractivity contribution in [2.24, 2.45) is 0 Å². The first-order chi connectivity index (χ1) is 9.41. The van der Waals surface area contributed by atoms with E-state index in [1.54, 1.807) is 13.8 Å². The third-order valence-corrected chi connectivity index (χ3v) is 4.61. The fourth-order valence-electron chi connectivity index (χ4n) is 1.70. The zero-order chi connectivity index (χ0) is 15.2. The molecule has 8 heteroatoms. The van der Waals surface area contributed by atoms with Gasteiger partial charge in [-0.05, 0) is 19.4 Å². The van der Waals surface area contributed by atoms with Gasteiger partial charge in [-0.3, -0.25) is 14.7 Å². The SMILES string of the molecule is CCOP(=O)(CC(O)c1cccc([N+](=O)[O-])c1)OCC. The Morgan fingerprint density at radius 1 is 1.35 bits per heavy atom. The number of rotatable bonds is 8. The number of hydrogen-bond acceptors (Lipinski definition) is 6. The van der Waals surface area contributed by atoms with E-state index in [-0.39, 0.29) is 25.1 Å². The zero-order valence-electron chi connectivity index (χ0n) is 11.4. The molecule has 0 aliphatic rings. The predicted octanol–water partition coefficient (Wildman–Crippen LogP) is 2.89. The van der Waals surface area contributed by atoms with Crippen LogP contribution < -0.4 is 0 Å². The van der Waals surface area contributed by atoms with E-state index in [1.807, 2.05) is 0 Å². The Bertz CT molecular complexity index is 496. The minimum Gasteiger partial charge on any atom is -0.388 e. The molecule has 1 rings (SSSR count). The fourth-order valence-corrected chi connectivity index (χ4v) is 3.41. The van der Waals surface area contributed by atoms with E-state index < -0.39 is 18.6 Å². The smallest absolute Gasteiger partial charge is 0.333 e. The van der Waals surface area contributed by atoms with Crippen molar-refractivity contribution in [3.05, 3.63) is 39.9 Å². The van der Waals surface area contributed by atoms with Gasteiger partial charge in [-0.25, -0.2) is 0 Å². The van der Waals surface area contributed by atoms with Gasteiger partial charge in [0.15, 0.2) is 0 Å².